The van der Waals surface area contributed by atoms with E-state index in [9.17, 15) is 14.4 Å². The van der Waals surface area contributed by atoms with Gasteiger partial charge < -0.3 is 5.53 Å². The third kappa shape index (κ3) is 1.91. The van der Waals surface area contributed by atoms with Crippen LogP contribution in [0, 0.1) is 0 Å². The first kappa shape index (κ1) is 8.96. The number of rotatable bonds is 2. The molecule has 1 aliphatic rings. The van der Waals surface area contributed by atoms with E-state index in [4.69, 9.17) is 5.53 Å². The second kappa shape index (κ2) is 3.51. The molecule has 0 bridgehead atoms. The highest BCUT2D eigenvalue weighted by atomic mass is 16.2. The summed E-state index contributed by atoms with van der Waals surface area (Å²) in [6.45, 7) is 0. The molecule has 13 heavy (non-hydrogen) atoms. The van der Waals surface area contributed by atoms with Crippen LogP contribution in [0.3, 0.4) is 0 Å². The fourth-order valence-electron chi connectivity index (χ4n) is 0.824. The molecule has 0 unspecified atom stereocenters. The van der Waals surface area contributed by atoms with Crippen LogP contribution < -0.4 is 0 Å². The van der Waals surface area contributed by atoms with E-state index in [2.05, 4.69) is 4.79 Å². The molecule has 0 aromatic carbocycles. The van der Waals surface area contributed by atoms with Crippen LogP contribution in [-0.4, -0.2) is 28.4 Å². The fraction of sp³-hybridized carbons (Fsp3) is 0. The molecule has 1 aliphatic carbocycles. The Morgan fingerprint density at radius 1 is 1.38 bits per heavy atom. The van der Waals surface area contributed by atoms with E-state index in [0.29, 0.717) is 6.21 Å². The summed E-state index contributed by atoms with van der Waals surface area (Å²) in [4.78, 5) is 35.2. The minimum absolute atomic E-state index is 0.287. The topological polar surface area (TPSA) is 87.6 Å². The number of nitrogens with zero attached hydrogens (tertiary/aromatic N) is 2. The lowest BCUT2D eigenvalue weighted by molar-refractivity contribution is -0.119. The van der Waals surface area contributed by atoms with E-state index >= 15 is 0 Å². The monoisotopic (exact) mass is 176 g/mol. The molecule has 0 aliphatic heterocycles. The predicted octanol–water partition coefficient (Wildman–Crippen LogP) is -0.510. The van der Waals surface area contributed by atoms with Crippen molar-refractivity contribution in [1.82, 2.24) is 0 Å². The van der Waals surface area contributed by atoms with Crippen molar-refractivity contribution < 1.29 is 19.2 Å². The van der Waals surface area contributed by atoms with Crippen LogP contribution in [0.15, 0.2) is 23.8 Å². The Bertz CT molecular complexity index is 398. The summed E-state index contributed by atoms with van der Waals surface area (Å²) in [5.41, 5.74) is 7.74. The van der Waals surface area contributed by atoms with Crippen molar-refractivity contribution in [2.24, 2.45) is 0 Å². The summed E-state index contributed by atoms with van der Waals surface area (Å²) >= 11 is 0. The summed E-state index contributed by atoms with van der Waals surface area (Å²) < 4.78 is 0. The molecule has 5 nitrogen and oxygen atoms in total. The van der Waals surface area contributed by atoms with Gasteiger partial charge in [0, 0.05) is 6.08 Å². The number of Topliss-reactive ketones (excluding diaryl/α,β-unsaturated/α-hetero) is 1. The molecule has 0 amide bonds. The van der Waals surface area contributed by atoms with Crippen molar-refractivity contribution in [2.75, 3.05) is 0 Å². The van der Waals surface area contributed by atoms with Crippen LogP contribution in [-0.2, 0) is 14.4 Å². The maximum atomic E-state index is 11.0. The molecule has 0 radical (unpaired) electrons. The van der Waals surface area contributed by atoms with Gasteiger partial charge in [0.1, 0.15) is 0 Å². The van der Waals surface area contributed by atoms with Gasteiger partial charge in [0.15, 0.2) is 11.6 Å². The van der Waals surface area contributed by atoms with Gasteiger partial charge in [-0.25, -0.2) is 0 Å². The van der Waals surface area contributed by atoms with Crippen molar-refractivity contribution in [3.8, 4) is 0 Å². The lowest BCUT2D eigenvalue weighted by Gasteiger charge is -1.98. The van der Waals surface area contributed by atoms with Gasteiger partial charge in [-0.3, -0.25) is 14.4 Å². The second-order valence-electron chi connectivity index (χ2n) is 2.27. The number of allylic oxidation sites excluding steroid dienone is 4. The van der Waals surface area contributed by atoms with E-state index in [1.165, 1.54) is 0 Å². The van der Waals surface area contributed by atoms with Crippen LogP contribution in [0.5, 0.6) is 0 Å². The minimum Gasteiger partial charge on any atom is -0.361 e. The smallest absolute Gasteiger partial charge is 0.328 e. The molecule has 64 valence electrons. The Kier molecular flexibility index (Phi) is 2.42. The average molecular weight is 176 g/mol. The third-order valence-electron chi connectivity index (χ3n) is 1.39. The van der Waals surface area contributed by atoms with Gasteiger partial charge in [0.2, 0.25) is 0 Å². The standard InChI is InChI=1S/C8H4N2O3/c9-10-4-8(13)6-3-5(11)1-2-7(6)12/h1-4H. The molecule has 0 aromatic rings. The zero-order chi connectivity index (χ0) is 9.84. The first-order valence-corrected chi connectivity index (χ1v) is 3.35. The van der Waals surface area contributed by atoms with Crippen LogP contribution in [0.4, 0.5) is 0 Å². The SMILES string of the molecule is [N-]=[N+]=CC(=O)C1=CC(=O)C=CC1=O. The quantitative estimate of drug-likeness (QED) is 0.186. The summed E-state index contributed by atoms with van der Waals surface area (Å²) in [6, 6.07) is 0. The van der Waals surface area contributed by atoms with Crippen LogP contribution in [0.2, 0.25) is 0 Å². The van der Waals surface area contributed by atoms with E-state index in [0.717, 1.165) is 18.2 Å². The molecule has 5 heteroatoms. The lowest BCUT2D eigenvalue weighted by Crippen LogP contribution is -2.17. The van der Waals surface area contributed by atoms with Crippen LogP contribution in [0.1, 0.15) is 0 Å². The van der Waals surface area contributed by atoms with Gasteiger partial charge in [0.25, 0.3) is 5.78 Å². The molecule has 0 saturated carbocycles. The maximum Gasteiger partial charge on any atom is 0.328 e. The molecule has 0 saturated heterocycles. The highest BCUT2D eigenvalue weighted by molar-refractivity contribution is 6.45. The first-order chi connectivity index (χ1) is 6.15. The third-order valence-corrected chi connectivity index (χ3v) is 1.39. The normalized spacial score (nSPS) is 14.9. The van der Waals surface area contributed by atoms with Crippen molar-refractivity contribution >= 4 is 23.6 Å². The Hall–Kier alpha value is -2.13. The molecule has 0 heterocycles. The van der Waals surface area contributed by atoms with Gasteiger partial charge >= 0.3 is 6.21 Å². The zero-order valence-corrected chi connectivity index (χ0v) is 6.43. The average Bonchev–Trinajstić information content (AvgIpc) is 2.09. The van der Waals surface area contributed by atoms with Gasteiger partial charge in [-0.05, 0) is 12.2 Å². The summed E-state index contributed by atoms with van der Waals surface area (Å²) in [5, 5.41) is 0. The predicted molar refractivity (Wildman–Crippen MR) is 41.9 cm³/mol. The van der Waals surface area contributed by atoms with Crippen LogP contribution in [0.25, 0.3) is 5.53 Å². The highest BCUT2D eigenvalue weighted by Gasteiger charge is 2.21. The number of hydrogen-bond acceptors (Lipinski definition) is 3. The minimum atomic E-state index is -0.787. The zero-order valence-electron chi connectivity index (χ0n) is 6.43. The molecule has 0 fully saturated rings. The maximum absolute atomic E-state index is 11.0. The number of hydrogen-bond donors (Lipinski definition) is 0. The van der Waals surface area contributed by atoms with Gasteiger partial charge in [0.05, 0.1) is 5.57 Å². The largest absolute Gasteiger partial charge is 0.361 e. The van der Waals surface area contributed by atoms with Gasteiger partial charge in [-0.1, -0.05) is 0 Å². The molecule has 0 atom stereocenters. The van der Waals surface area contributed by atoms with Crippen molar-refractivity contribution in [3.63, 3.8) is 0 Å². The van der Waals surface area contributed by atoms with Gasteiger partial charge in [-0.2, -0.15) is 4.79 Å². The van der Waals surface area contributed by atoms with E-state index in [1.807, 2.05) is 0 Å². The second-order valence-corrected chi connectivity index (χ2v) is 2.27. The number of carbonyl (C=O) groups excluding carboxylic acids is 3. The Morgan fingerprint density at radius 3 is 2.69 bits per heavy atom. The van der Waals surface area contributed by atoms with Crippen molar-refractivity contribution in [1.29, 1.82) is 0 Å². The van der Waals surface area contributed by atoms with Crippen molar-refractivity contribution in [3.05, 3.63) is 29.3 Å². The first-order valence-electron chi connectivity index (χ1n) is 3.35. The van der Waals surface area contributed by atoms with Crippen molar-refractivity contribution in [2.45, 2.75) is 0 Å². The summed E-state index contributed by atoms with van der Waals surface area (Å²) in [6.07, 6.45) is 3.54. The highest BCUT2D eigenvalue weighted by Crippen LogP contribution is 2.04. The Morgan fingerprint density at radius 2 is 2.08 bits per heavy atom. The fourth-order valence-corrected chi connectivity index (χ4v) is 0.824. The number of carbonyl (C=O) groups is 3. The Labute approximate surface area is 73.0 Å². The molecular formula is C8H4N2O3. The van der Waals surface area contributed by atoms with E-state index in [-0.39, 0.29) is 5.57 Å². The molecule has 1 rings (SSSR count). The number of ketones is 3. The lowest BCUT2D eigenvalue weighted by atomic mass is 10.0. The van der Waals surface area contributed by atoms with Gasteiger partial charge in [-0.15, -0.1) is 0 Å². The summed E-state index contributed by atoms with van der Waals surface area (Å²) in [7, 11) is 0. The van der Waals surface area contributed by atoms with E-state index < -0.39 is 17.3 Å². The molecule has 0 N–H and O–H groups in total. The van der Waals surface area contributed by atoms with Crippen LogP contribution >= 0.6 is 0 Å². The van der Waals surface area contributed by atoms with E-state index in [1.54, 1.807) is 0 Å². The summed E-state index contributed by atoms with van der Waals surface area (Å²) in [5.74, 6) is -1.79. The Balaban J connectivity index is 3.04. The molecule has 0 spiro atoms. The molecule has 0 aromatic heterocycles. The molecular weight excluding hydrogens is 172 g/mol.